The summed E-state index contributed by atoms with van der Waals surface area (Å²) < 4.78 is 0. The highest BCUT2D eigenvalue weighted by Crippen LogP contribution is 2.51. The number of hydrogen-bond acceptors (Lipinski definition) is 1. The van der Waals surface area contributed by atoms with Crippen LogP contribution >= 0.6 is 0 Å². The van der Waals surface area contributed by atoms with E-state index in [1.807, 2.05) is 0 Å². The monoisotopic (exact) mass is 180 g/mol. The summed E-state index contributed by atoms with van der Waals surface area (Å²) in [6.45, 7) is 6.97. The summed E-state index contributed by atoms with van der Waals surface area (Å²) in [6, 6.07) is 0. The molecule has 2 saturated carbocycles. The Morgan fingerprint density at radius 3 is 2.46 bits per heavy atom. The molecule has 74 valence electrons. The summed E-state index contributed by atoms with van der Waals surface area (Å²) in [4.78, 5) is 11.3. The first kappa shape index (κ1) is 9.23. The third-order valence-electron chi connectivity index (χ3n) is 4.03. The molecule has 0 radical (unpaired) electrons. The van der Waals surface area contributed by atoms with Gasteiger partial charge in [0.2, 0.25) is 0 Å². The Hall–Kier alpha value is -0.330. The molecule has 2 fully saturated rings. The molecule has 0 aliphatic heterocycles. The third kappa shape index (κ3) is 1.43. The normalized spacial score (nSPS) is 39.6. The van der Waals surface area contributed by atoms with Crippen LogP contribution in [0.4, 0.5) is 0 Å². The Balaban J connectivity index is 2.10. The molecular formula is C12H20O. The summed E-state index contributed by atoms with van der Waals surface area (Å²) in [5.74, 6) is 2.53. The quantitative estimate of drug-likeness (QED) is 0.560. The van der Waals surface area contributed by atoms with Gasteiger partial charge < -0.3 is 0 Å². The van der Waals surface area contributed by atoms with Gasteiger partial charge >= 0.3 is 0 Å². The number of carbonyl (C=O) groups is 1. The van der Waals surface area contributed by atoms with Crippen LogP contribution < -0.4 is 0 Å². The SMILES string of the molecule is CC(C)(C)C1CCCC2C(=O)CC21. The number of carbonyl (C=O) groups excluding carboxylic acids is 1. The van der Waals surface area contributed by atoms with Gasteiger partial charge in [0.15, 0.2) is 0 Å². The molecule has 0 spiro atoms. The highest BCUT2D eigenvalue weighted by atomic mass is 16.1. The molecule has 1 nitrogen and oxygen atoms in total. The van der Waals surface area contributed by atoms with E-state index in [1.54, 1.807) is 0 Å². The zero-order chi connectivity index (χ0) is 9.64. The number of hydrogen-bond donors (Lipinski definition) is 0. The molecule has 0 aromatic rings. The van der Waals surface area contributed by atoms with Crippen LogP contribution in [0.25, 0.3) is 0 Å². The second-order valence-corrected chi connectivity index (χ2v) is 5.84. The van der Waals surface area contributed by atoms with Gasteiger partial charge in [-0.2, -0.15) is 0 Å². The molecule has 3 atom stereocenters. The van der Waals surface area contributed by atoms with Gasteiger partial charge in [0.05, 0.1) is 0 Å². The Bertz CT molecular complexity index is 224. The second kappa shape index (κ2) is 2.83. The molecule has 0 heterocycles. The van der Waals surface area contributed by atoms with E-state index in [-0.39, 0.29) is 0 Å². The van der Waals surface area contributed by atoms with Gasteiger partial charge in [0.1, 0.15) is 5.78 Å². The summed E-state index contributed by atoms with van der Waals surface area (Å²) in [5, 5.41) is 0. The minimum atomic E-state index is 0.407. The van der Waals surface area contributed by atoms with Crippen molar-refractivity contribution in [1.82, 2.24) is 0 Å². The van der Waals surface area contributed by atoms with Gasteiger partial charge in [-0.15, -0.1) is 0 Å². The van der Waals surface area contributed by atoms with E-state index in [0.717, 1.165) is 18.3 Å². The lowest BCUT2D eigenvalue weighted by atomic mass is 9.54. The van der Waals surface area contributed by atoms with E-state index >= 15 is 0 Å². The summed E-state index contributed by atoms with van der Waals surface area (Å²) in [7, 11) is 0. The lowest BCUT2D eigenvalue weighted by Crippen LogP contribution is -2.48. The predicted molar refractivity (Wildman–Crippen MR) is 53.4 cm³/mol. The van der Waals surface area contributed by atoms with Gasteiger partial charge in [-0.05, 0) is 30.1 Å². The molecule has 2 aliphatic carbocycles. The lowest BCUT2D eigenvalue weighted by molar-refractivity contribution is -0.142. The maximum absolute atomic E-state index is 11.3. The average Bonchev–Trinajstić information content (AvgIpc) is 2.00. The number of ketones is 1. The maximum atomic E-state index is 11.3. The van der Waals surface area contributed by atoms with Gasteiger partial charge in [-0.1, -0.05) is 27.2 Å². The summed E-state index contributed by atoms with van der Waals surface area (Å²) in [5.41, 5.74) is 0.407. The molecule has 0 saturated heterocycles. The second-order valence-electron chi connectivity index (χ2n) is 5.84. The van der Waals surface area contributed by atoms with Crippen molar-refractivity contribution in [3.63, 3.8) is 0 Å². The van der Waals surface area contributed by atoms with Crippen molar-refractivity contribution in [3.8, 4) is 0 Å². The first-order chi connectivity index (χ1) is 6.00. The van der Waals surface area contributed by atoms with E-state index in [9.17, 15) is 4.79 Å². The molecule has 3 unspecified atom stereocenters. The topological polar surface area (TPSA) is 17.1 Å². The van der Waals surface area contributed by atoms with Crippen molar-refractivity contribution in [2.24, 2.45) is 23.2 Å². The average molecular weight is 180 g/mol. The van der Waals surface area contributed by atoms with E-state index in [2.05, 4.69) is 20.8 Å². The molecule has 0 N–H and O–H groups in total. The van der Waals surface area contributed by atoms with Gasteiger partial charge in [0.25, 0.3) is 0 Å². The molecule has 0 amide bonds. The van der Waals surface area contributed by atoms with Crippen LogP contribution in [0, 0.1) is 23.2 Å². The molecule has 0 aromatic heterocycles. The van der Waals surface area contributed by atoms with Crippen molar-refractivity contribution in [2.45, 2.75) is 46.5 Å². The summed E-state index contributed by atoms with van der Waals surface area (Å²) in [6.07, 6.45) is 4.68. The van der Waals surface area contributed by atoms with E-state index in [4.69, 9.17) is 0 Å². The fraction of sp³-hybridized carbons (Fsp3) is 0.917. The number of Topliss-reactive ketones (excluding diaryl/α,β-unsaturated/α-hetero) is 1. The highest BCUT2D eigenvalue weighted by Gasteiger charge is 2.49. The van der Waals surface area contributed by atoms with Crippen LogP contribution in [0.5, 0.6) is 0 Å². The third-order valence-corrected chi connectivity index (χ3v) is 4.03. The Morgan fingerprint density at radius 1 is 1.23 bits per heavy atom. The summed E-state index contributed by atoms with van der Waals surface area (Å²) >= 11 is 0. The molecular weight excluding hydrogens is 160 g/mol. The van der Waals surface area contributed by atoms with Crippen molar-refractivity contribution in [2.75, 3.05) is 0 Å². The fourth-order valence-corrected chi connectivity index (χ4v) is 3.25. The molecule has 0 bridgehead atoms. The van der Waals surface area contributed by atoms with Crippen molar-refractivity contribution in [1.29, 1.82) is 0 Å². The molecule has 2 aliphatic rings. The molecule has 2 rings (SSSR count). The zero-order valence-corrected chi connectivity index (χ0v) is 8.97. The minimum Gasteiger partial charge on any atom is -0.299 e. The van der Waals surface area contributed by atoms with Crippen LogP contribution in [-0.2, 0) is 4.79 Å². The molecule has 1 heteroatoms. The molecule has 0 aromatic carbocycles. The van der Waals surface area contributed by atoms with Gasteiger partial charge in [0, 0.05) is 12.3 Å². The van der Waals surface area contributed by atoms with E-state index in [1.165, 1.54) is 19.3 Å². The van der Waals surface area contributed by atoms with Gasteiger partial charge in [-0.3, -0.25) is 4.79 Å². The van der Waals surface area contributed by atoms with Crippen LogP contribution in [0.15, 0.2) is 0 Å². The number of fused-ring (bicyclic) bond motifs is 1. The standard InChI is InChI=1S/C12H20O/c1-12(2,3)10-6-4-5-8-9(10)7-11(8)13/h8-10H,4-7H2,1-3H3. The molecule has 13 heavy (non-hydrogen) atoms. The smallest absolute Gasteiger partial charge is 0.136 e. The van der Waals surface area contributed by atoms with Crippen molar-refractivity contribution in [3.05, 3.63) is 0 Å². The van der Waals surface area contributed by atoms with Crippen LogP contribution in [0.1, 0.15) is 46.5 Å². The Labute approximate surface area is 80.9 Å². The van der Waals surface area contributed by atoms with Crippen LogP contribution in [0.3, 0.4) is 0 Å². The Kier molecular flexibility index (Phi) is 2.01. The first-order valence-corrected chi connectivity index (χ1v) is 5.53. The van der Waals surface area contributed by atoms with Crippen molar-refractivity contribution >= 4 is 5.78 Å². The fourth-order valence-electron chi connectivity index (χ4n) is 3.25. The van der Waals surface area contributed by atoms with E-state index < -0.39 is 0 Å². The van der Waals surface area contributed by atoms with Gasteiger partial charge in [-0.25, -0.2) is 0 Å². The largest absolute Gasteiger partial charge is 0.299 e. The number of rotatable bonds is 0. The first-order valence-electron chi connectivity index (χ1n) is 5.53. The minimum absolute atomic E-state index is 0.407. The highest BCUT2D eigenvalue weighted by molar-refractivity contribution is 5.87. The van der Waals surface area contributed by atoms with E-state index in [0.29, 0.717) is 17.1 Å². The predicted octanol–water partition coefficient (Wildman–Crippen LogP) is 3.04. The maximum Gasteiger partial charge on any atom is 0.136 e. The van der Waals surface area contributed by atoms with Crippen LogP contribution in [-0.4, -0.2) is 5.78 Å². The zero-order valence-electron chi connectivity index (χ0n) is 8.97. The van der Waals surface area contributed by atoms with Crippen molar-refractivity contribution < 1.29 is 4.79 Å². The van der Waals surface area contributed by atoms with Crippen LogP contribution in [0.2, 0.25) is 0 Å². The lowest BCUT2D eigenvalue weighted by Gasteiger charge is -2.49. The Morgan fingerprint density at radius 2 is 1.92 bits per heavy atom.